The van der Waals surface area contributed by atoms with Crippen molar-refractivity contribution < 1.29 is 4.74 Å². The highest BCUT2D eigenvalue weighted by Crippen LogP contribution is 2.26. The van der Waals surface area contributed by atoms with E-state index < -0.39 is 0 Å². The average molecular weight is 265 g/mol. The van der Waals surface area contributed by atoms with Crippen LogP contribution < -0.4 is 16.6 Å². The number of hydrogen-bond acceptors (Lipinski definition) is 6. The summed E-state index contributed by atoms with van der Waals surface area (Å²) < 4.78 is 5.38. The lowest BCUT2D eigenvalue weighted by Crippen LogP contribution is -2.25. The number of hydrogen-bond donors (Lipinski definition) is 3. The van der Waals surface area contributed by atoms with Gasteiger partial charge in [0.15, 0.2) is 0 Å². The number of nitrogens with zero attached hydrogens (tertiary/aromatic N) is 2. The Morgan fingerprint density at radius 3 is 2.47 bits per heavy atom. The largest absolute Gasteiger partial charge is 0.379 e. The minimum atomic E-state index is -0.123. The van der Waals surface area contributed by atoms with Crippen LogP contribution in [0.2, 0.25) is 0 Å². The predicted molar refractivity (Wildman–Crippen MR) is 76.1 cm³/mol. The molecule has 0 spiro atoms. The molecule has 0 aromatic carbocycles. The zero-order valence-corrected chi connectivity index (χ0v) is 12.1. The fourth-order valence-corrected chi connectivity index (χ4v) is 1.97. The van der Waals surface area contributed by atoms with E-state index in [0.29, 0.717) is 11.9 Å². The topological polar surface area (TPSA) is 85.1 Å². The highest BCUT2D eigenvalue weighted by molar-refractivity contribution is 5.57. The standard InChI is InChI=1S/C13H23N5O/c1-8-10(15-9-5-6-19-7-9)16-12(13(2,3)4)17-11(8)18-14/h9H,5-7,14H2,1-4H3,(H2,15,16,17,18). The first-order chi connectivity index (χ1) is 8.91. The number of aromatic nitrogens is 2. The summed E-state index contributed by atoms with van der Waals surface area (Å²) in [5.74, 6) is 7.82. The minimum absolute atomic E-state index is 0.123. The predicted octanol–water partition coefficient (Wildman–Crippen LogP) is 1.57. The highest BCUT2D eigenvalue weighted by atomic mass is 16.5. The second kappa shape index (κ2) is 5.30. The molecule has 1 aromatic heterocycles. The maximum atomic E-state index is 5.55. The summed E-state index contributed by atoms with van der Waals surface area (Å²) >= 11 is 0. The van der Waals surface area contributed by atoms with Crippen LogP contribution in [0.25, 0.3) is 0 Å². The fraction of sp³-hybridized carbons (Fsp3) is 0.692. The van der Waals surface area contributed by atoms with E-state index in [4.69, 9.17) is 10.6 Å². The molecule has 1 fully saturated rings. The molecular weight excluding hydrogens is 242 g/mol. The second-order valence-corrected chi connectivity index (χ2v) is 5.97. The van der Waals surface area contributed by atoms with Crippen molar-refractivity contribution in [3.63, 3.8) is 0 Å². The highest BCUT2D eigenvalue weighted by Gasteiger charge is 2.23. The first-order valence-electron chi connectivity index (χ1n) is 6.62. The molecule has 0 aliphatic carbocycles. The quantitative estimate of drug-likeness (QED) is 0.568. The Balaban J connectivity index is 2.34. The lowest BCUT2D eigenvalue weighted by Gasteiger charge is -2.22. The lowest BCUT2D eigenvalue weighted by molar-refractivity contribution is 0.195. The first kappa shape index (κ1) is 14.0. The molecule has 0 saturated carbocycles. The van der Waals surface area contributed by atoms with Crippen LogP contribution in [0.15, 0.2) is 0 Å². The zero-order valence-electron chi connectivity index (χ0n) is 12.1. The van der Waals surface area contributed by atoms with E-state index in [9.17, 15) is 0 Å². The first-order valence-corrected chi connectivity index (χ1v) is 6.62. The van der Waals surface area contributed by atoms with Crippen LogP contribution >= 0.6 is 0 Å². The molecule has 1 atom stereocenters. The summed E-state index contributed by atoms with van der Waals surface area (Å²) in [6.45, 7) is 9.73. The summed E-state index contributed by atoms with van der Waals surface area (Å²) in [5.41, 5.74) is 3.46. The summed E-state index contributed by atoms with van der Waals surface area (Å²) in [4.78, 5) is 9.12. The van der Waals surface area contributed by atoms with E-state index in [2.05, 4.69) is 41.5 Å². The Labute approximate surface area is 114 Å². The van der Waals surface area contributed by atoms with Crippen LogP contribution in [0, 0.1) is 6.92 Å². The molecule has 1 aromatic rings. The van der Waals surface area contributed by atoms with Gasteiger partial charge < -0.3 is 15.5 Å². The van der Waals surface area contributed by atoms with E-state index in [0.717, 1.165) is 36.8 Å². The maximum Gasteiger partial charge on any atom is 0.148 e. The Kier molecular flexibility index (Phi) is 3.91. The summed E-state index contributed by atoms with van der Waals surface area (Å²) in [5, 5.41) is 3.42. The van der Waals surface area contributed by atoms with Gasteiger partial charge in [0, 0.05) is 17.6 Å². The maximum absolute atomic E-state index is 5.55. The second-order valence-electron chi connectivity index (χ2n) is 5.97. The molecule has 1 unspecified atom stereocenters. The molecule has 0 bridgehead atoms. The van der Waals surface area contributed by atoms with Gasteiger partial charge in [-0.25, -0.2) is 15.8 Å². The third-order valence-corrected chi connectivity index (χ3v) is 3.22. The number of nitrogens with two attached hydrogens (primary N) is 1. The van der Waals surface area contributed by atoms with Crippen molar-refractivity contribution in [3.05, 3.63) is 11.4 Å². The van der Waals surface area contributed by atoms with Gasteiger partial charge in [-0.1, -0.05) is 20.8 Å². The van der Waals surface area contributed by atoms with Crippen LogP contribution in [-0.2, 0) is 10.2 Å². The van der Waals surface area contributed by atoms with Gasteiger partial charge in [0.1, 0.15) is 17.5 Å². The van der Waals surface area contributed by atoms with Crippen molar-refractivity contribution in [2.75, 3.05) is 24.0 Å². The van der Waals surface area contributed by atoms with Gasteiger partial charge in [0.05, 0.1) is 12.6 Å². The van der Waals surface area contributed by atoms with Crippen LogP contribution in [0.3, 0.4) is 0 Å². The van der Waals surface area contributed by atoms with Crippen LogP contribution in [-0.4, -0.2) is 29.2 Å². The van der Waals surface area contributed by atoms with E-state index >= 15 is 0 Å². The molecule has 106 valence electrons. The molecule has 1 aliphatic rings. The van der Waals surface area contributed by atoms with E-state index in [-0.39, 0.29) is 5.41 Å². The van der Waals surface area contributed by atoms with Gasteiger partial charge in [-0.2, -0.15) is 0 Å². The molecule has 4 N–H and O–H groups in total. The molecule has 2 heterocycles. The third kappa shape index (κ3) is 3.13. The van der Waals surface area contributed by atoms with Crippen LogP contribution in [0.4, 0.5) is 11.6 Å². The van der Waals surface area contributed by atoms with Crippen molar-refractivity contribution >= 4 is 11.6 Å². The molecule has 1 saturated heterocycles. The number of rotatable bonds is 3. The lowest BCUT2D eigenvalue weighted by atomic mass is 9.95. The SMILES string of the molecule is Cc1c(NN)nc(C(C)(C)C)nc1NC1CCOC1. The number of hydrazine groups is 1. The number of anilines is 2. The van der Waals surface area contributed by atoms with Gasteiger partial charge in [0.2, 0.25) is 0 Å². The molecule has 6 heteroatoms. The van der Waals surface area contributed by atoms with Gasteiger partial charge in [0.25, 0.3) is 0 Å². The number of nitrogen functional groups attached to an aromatic ring is 1. The molecule has 0 radical (unpaired) electrons. The van der Waals surface area contributed by atoms with Gasteiger partial charge in [-0.15, -0.1) is 0 Å². The Hall–Kier alpha value is -1.40. The van der Waals surface area contributed by atoms with Crippen molar-refractivity contribution in [1.29, 1.82) is 0 Å². The van der Waals surface area contributed by atoms with Crippen LogP contribution in [0.1, 0.15) is 38.6 Å². The summed E-state index contributed by atoms with van der Waals surface area (Å²) in [6, 6.07) is 0.312. The van der Waals surface area contributed by atoms with Crippen molar-refractivity contribution in [1.82, 2.24) is 9.97 Å². The Bertz CT molecular complexity index is 449. The smallest absolute Gasteiger partial charge is 0.148 e. The number of ether oxygens (including phenoxy) is 1. The molecule has 2 rings (SSSR count). The fourth-order valence-electron chi connectivity index (χ4n) is 1.97. The van der Waals surface area contributed by atoms with Gasteiger partial charge in [-0.05, 0) is 13.3 Å². The average Bonchev–Trinajstić information content (AvgIpc) is 2.83. The summed E-state index contributed by atoms with van der Waals surface area (Å²) in [6.07, 6.45) is 1.000. The zero-order chi connectivity index (χ0) is 14.0. The Morgan fingerprint density at radius 2 is 1.95 bits per heavy atom. The van der Waals surface area contributed by atoms with E-state index in [1.807, 2.05) is 6.92 Å². The Morgan fingerprint density at radius 1 is 1.26 bits per heavy atom. The summed E-state index contributed by atoms with van der Waals surface area (Å²) in [7, 11) is 0. The van der Waals surface area contributed by atoms with Crippen molar-refractivity contribution in [3.8, 4) is 0 Å². The van der Waals surface area contributed by atoms with E-state index in [1.165, 1.54) is 0 Å². The van der Waals surface area contributed by atoms with Crippen molar-refractivity contribution in [2.24, 2.45) is 5.84 Å². The van der Waals surface area contributed by atoms with Crippen LogP contribution in [0.5, 0.6) is 0 Å². The molecule has 6 nitrogen and oxygen atoms in total. The van der Waals surface area contributed by atoms with Gasteiger partial charge >= 0.3 is 0 Å². The monoisotopic (exact) mass is 265 g/mol. The molecule has 1 aliphatic heterocycles. The molecular formula is C13H23N5O. The third-order valence-electron chi connectivity index (χ3n) is 3.22. The minimum Gasteiger partial charge on any atom is -0.379 e. The number of nitrogens with one attached hydrogen (secondary N) is 2. The van der Waals surface area contributed by atoms with E-state index in [1.54, 1.807) is 0 Å². The van der Waals surface area contributed by atoms with Crippen molar-refractivity contribution in [2.45, 2.75) is 45.6 Å². The molecule has 0 amide bonds. The molecule has 19 heavy (non-hydrogen) atoms. The van der Waals surface area contributed by atoms with Gasteiger partial charge in [-0.3, -0.25) is 0 Å². The normalized spacial score (nSPS) is 19.5.